The number of nitriles is 1. The molecule has 1 aliphatic heterocycles. The minimum Gasteiger partial charge on any atom is -0.371 e. The number of anilines is 1. The molecule has 1 aromatic carbocycles. The Kier molecular flexibility index (Phi) is 3.94. The third-order valence-corrected chi connectivity index (χ3v) is 4.31. The number of hydrogen-bond acceptors (Lipinski definition) is 3. The van der Waals surface area contributed by atoms with Crippen molar-refractivity contribution in [3.8, 4) is 6.07 Å². The maximum Gasteiger partial charge on any atom is 0.0992 e. The van der Waals surface area contributed by atoms with Crippen LogP contribution in [0.4, 0.5) is 5.69 Å². The SMILES string of the molecule is CNC1(C)CCN(c2cc(Br)cc(C#N)c2)CC1. The Hall–Kier alpha value is -1.05. The van der Waals surface area contributed by atoms with Crippen LogP contribution in [0.1, 0.15) is 25.3 Å². The zero-order valence-corrected chi connectivity index (χ0v) is 12.4. The first-order chi connectivity index (χ1) is 8.56. The second-order valence-corrected chi connectivity index (χ2v) is 6.02. The first-order valence-electron chi connectivity index (χ1n) is 6.21. The molecular formula is C14H18BrN3. The Labute approximate surface area is 117 Å². The zero-order valence-electron chi connectivity index (χ0n) is 10.8. The van der Waals surface area contributed by atoms with Gasteiger partial charge in [0.1, 0.15) is 0 Å². The van der Waals surface area contributed by atoms with Crippen molar-refractivity contribution in [1.82, 2.24) is 5.32 Å². The van der Waals surface area contributed by atoms with Gasteiger partial charge in [-0.15, -0.1) is 0 Å². The number of halogens is 1. The third kappa shape index (κ3) is 2.85. The van der Waals surface area contributed by atoms with Gasteiger partial charge in [0.15, 0.2) is 0 Å². The Balaban J connectivity index is 2.15. The Morgan fingerprint density at radius 2 is 2.00 bits per heavy atom. The molecule has 1 fully saturated rings. The van der Waals surface area contributed by atoms with Crippen LogP contribution in [-0.2, 0) is 0 Å². The summed E-state index contributed by atoms with van der Waals surface area (Å²) in [5.74, 6) is 0. The highest BCUT2D eigenvalue weighted by Gasteiger charge is 2.28. The van der Waals surface area contributed by atoms with Gasteiger partial charge < -0.3 is 10.2 Å². The van der Waals surface area contributed by atoms with Gasteiger partial charge in [0.05, 0.1) is 11.6 Å². The fourth-order valence-corrected chi connectivity index (χ4v) is 2.81. The number of rotatable bonds is 2. The van der Waals surface area contributed by atoms with Crippen LogP contribution in [-0.4, -0.2) is 25.7 Å². The monoisotopic (exact) mass is 307 g/mol. The van der Waals surface area contributed by atoms with E-state index in [9.17, 15) is 0 Å². The molecule has 1 saturated heterocycles. The first-order valence-corrected chi connectivity index (χ1v) is 7.00. The molecule has 1 aliphatic rings. The van der Waals surface area contributed by atoms with Crippen molar-refractivity contribution in [2.45, 2.75) is 25.3 Å². The van der Waals surface area contributed by atoms with Gasteiger partial charge >= 0.3 is 0 Å². The normalized spacial score (nSPS) is 18.4. The summed E-state index contributed by atoms with van der Waals surface area (Å²) in [6.07, 6.45) is 2.25. The Morgan fingerprint density at radius 3 is 2.56 bits per heavy atom. The van der Waals surface area contributed by atoms with Gasteiger partial charge in [0.2, 0.25) is 0 Å². The highest BCUT2D eigenvalue weighted by Crippen LogP contribution is 2.28. The van der Waals surface area contributed by atoms with Crippen molar-refractivity contribution in [3.63, 3.8) is 0 Å². The molecule has 0 unspecified atom stereocenters. The standard InChI is InChI=1S/C14H18BrN3/c1-14(17-2)3-5-18(6-4-14)13-8-11(10-16)7-12(15)9-13/h7-9,17H,3-6H2,1-2H3. The van der Waals surface area contributed by atoms with E-state index < -0.39 is 0 Å². The van der Waals surface area contributed by atoms with E-state index in [1.807, 2.05) is 19.2 Å². The van der Waals surface area contributed by atoms with Crippen LogP contribution in [0.15, 0.2) is 22.7 Å². The fraction of sp³-hybridized carbons (Fsp3) is 0.500. The molecule has 0 atom stereocenters. The van der Waals surface area contributed by atoms with Crippen molar-refractivity contribution in [1.29, 1.82) is 5.26 Å². The molecular weight excluding hydrogens is 290 g/mol. The highest BCUT2D eigenvalue weighted by atomic mass is 79.9. The summed E-state index contributed by atoms with van der Waals surface area (Å²) in [5, 5.41) is 12.4. The van der Waals surface area contributed by atoms with Gasteiger partial charge in [-0.05, 0) is 45.0 Å². The summed E-state index contributed by atoms with van der Waals surface area (Å²) >= 11 is 3.47. The Morgan fingerprint density at radius 1 is 1.33 bits per heavy atom. The minimum absolute atomic E-state index is 0.251. The molecule has 0 spiro atoms. The van der Waals surface area contributed by atoms with Crippen molar-refractivity contribution in [2.24, 2.45) is 0 Å². The van der Waals surface area contributed by atoms with E-state index >= 15 is 0 Å². The number of benzene rings is 1. The molecule has 2 rings (SSSR count). The highest BCUT2D eigenvalue weighted by molar-refractivity contribution is 9.10. The first kappa shape index (κ1) is 13.4. The van der Waals surface area contributed by atoms with Gasteiger partial charge in [-0.1, -0.05) is 15.9 Å². The number of nitrogens with one attached hydrogen (secondary N) is 1. The van der Waals surface area contributed by atoms with Crippen LogP contribution in [0.25, 0.3) is 0 Å². The van der Waals surface area contributed by atoms with Crippen LogP contribution in [0.2, 0.25) is 0 Å². The largest absolute Gasteiger partial charge is 0.371 e. The van der Waals surface area contributed by atoms with Crippen molar-refractivity contribution < 1.29 is 0 Å². The molecule has 0 aliphatic carbocycles. The minimum atomic E-state index is 0.251. The second-order valence-electron chi connectivity index (χ2n) is 5.11. The van der Waals surface area contributed by atoms with E-state index in [0.717, 1.165) is 36.1 Å². The number of nitrogens with zero attached hydrogens (tertiary/aromatic N) is 2. The van der Waals surface area contributed by atoms with Crippen LogP contribution in [0.3, 0.4) is 0 Å². The lowest BCUT2D eigenvalue weighted by Crippen LogP contribution is -2.50. The molecule has 0 amide bonds. The molecule has 3 nitrogen and oxygen atoms in total. The van der Waals surface area contributed by atoms with Gasteiger partial charge in [0.25, 0.3) is 0 Å². The number of piperidine rings is 1. The summed E-state index contributed by atoms with van der Waals surface area (Å²) in [4.78, 5) is 2.35. The van der Waals surface area contributed by atoms with Crippen LogP contribution >= 0.6 is 15.9 Å². The molecule has 4 heteroatoms. The van der Waals surface area contributed by atoms with E-state index in [2.05, 4.69) is 45.2 Å². The van der Waals surface area contributed by atoms with E-state index in [-0.39, 0.29) is 5.54 Å². The number of hydrogen-bond donors (Lipinski definition) is 1. The maximum atomic E-state index is 9.01. The third-order valence-electron chi connectivity index (χ3n) is 3.85. The van der Waals surface area contributed by atoms with Gasteiger partial charge in [0, 0.05) is 28.8 Å². The quantitative estimate of drug-likeness (QED) is 0.913. The van der Waals surface area contributed by atoms with E-state index in [4.69, 9.17) is 5.26 Å². The fourth-order valence-electron chi connectivity index (χ4n) is 2.33. The van der Waals surface area contributed by atoms with Crippen molar-refractivity contribution >= 4 is 21.6 Å². The molecule has 0 bridgehead atoms. The second kappa shape index (κ2) is 5.29. The zero-order chi connectivity index (χ0) is 13.2. The van der Waals surface area contributed by atoms with Crippen LogP contribution in [0.5, 0.6) is 0 Å². The summed E-state index contributed by atoms with van der Waals surface area (Å²) in [5.41, 5.74) is 2.10. The molecule has 0 radical (unpaired) electrons. The van der Waals surface area contributed by atoms with E-state index in [1.54, 1.807) is 0 Å². The lowest BCUT2D eigenvalue weighted by Gasteiger charge is -2.40. The van der Waals surface area contributed by atoms with Crippen molar-refractivity contribution in [2.75, 3.05) is 25.0 Å². The molecule has 96 valence electrons. The summed E-state index contributed by atoms with van der Waals surface area (Å²) in [7, 11) is 2.03. The lowest BCUT2D eigenvalue weighted by molar-refractivity contribution is 0.305. The smallest absolute Gasteiger partial charge is 0.0992 e. The molecule has 0 aromatic heterocycles. The predicted molar refractivity (Wildman–Crippen MR) is 77.8 cm³/mol. The maximum absolute atomic E-state index is 9.01. The molecule has 1 heterocycles. The predicted octanol–water partition coefficient (Wildman–Crippen LogP) is 2.90. The van der Waals surface area contributed by atoms with Gasteiger partial charge in [-0.2, -0.15) is 5.26 Å². The summed E-state index contributed by atoms with van der Waals surface area (Å²) in [6.45, 7) is 4.32. The van der Waals surface area contributed by atoms with Crippen LogP contribution < -0.4 is 10.2 Å². The molecule has 1 aromatic rings. The Bertz CT molecular complexity index is 470. The average Bonchev–Trinajstić information content (AvgIpc) is 2.39. The van der Waals surface area contributed by atoms with E-state index in [1.165, 1.54) is 0 Å². The summed E-state index contributed by atoms with van der Waals surface area (Å²) in [6, 6.07) is 8.11. The van der Waals surface area contributed by atoms with Crippen molar-refractivity contribution in [3.05, 3.63) is 28.2 Å². The topological polar surface area (TPSA) is 39.1 Å². The molecule has 0 saturated carbocycles. The summed E-state index contributed by atoms with van der Waals surface area (Å²) < 4.78 is 0.971. The lowest BCUT2D eigenvalue weighted by atomic mass is 9.89. The van der Waals surface area contributed by atoms with Gasteiger partial charge in [-0.25, -0.2) is 0 Å². The van der Waals surface area contributed by atoms with Crippen LogP contribution in [0, 0.1) is 11.3 Å². The average molecular weight is 308 g/mol. The molecule has 1 N–H and O–H groups in total. The van der Waals surface area contributed by atoms with E-state index in [0.29, 0.717) is 5.56 Å². The molecule has 18 heavy (non-hydrogen) atoms. The van der Waals surface area contributed by atoms with Gasteiger partial charge in [-0.3, -0.25) is 0 Å².